The molecule has 0 aliphatic rings. The van der Waals surface area contributed by atoms with Gasteiger partial charge in [0.15, 0.2) is 0 Å². The number of nitrogens with one attached hydrogen (secondary N) is 2. The first kappa shape index (κ1) is 18.0. The van der Waals surface area contributed by atoms with Gasteiger partial charge in [0.1, 0.15) is 18.4 Å². The predicted octanol–water partition coefficient (Wildman–Crippen LogP) is 2.00. The van der Waals surface area contributed by atoms with Gasteiger partial charge in [-0.1, -0.05) is 32.0 Å². The molecular formula is C18H26N4O2. The molecule has 0 fully saturated rings. The average molecular weight is 330 g/mol. The smallest absolute Gasteiger partial charge is 0.241 e. The van der Waals surface area contributed by atoms with Crippen molar-refractivity contribution in [3.05, 3.63) is 47.8 Å². The summed E-state index contributed by atoms with van der Waals surface area (Å²) in [4.78, 5) is 12.3. The topological polar surface area (TPSA) is 68.2 Å². The van der Waals surface area contributed by atoms with Gasteiger partial charge < -0.3 is 15.4 Å². The molecule has 1 heterocycles. The largest absolute Gasteiger partial charge is 0.491 e. The third-order valence-electron chi connectivity index (χ3n) is 3.81. The van der Waals surface area contributed by atoms with E-state index in [0.29, 0.717) is 19.1 Å². The highest BCUT2D eigenvalue weighted by atomic mass is 16.5. The van der Waals surface area contributed by atoms with Crippen LogP contribution in [0.25, 0.3) is 0 Å². The standard InChI is InChI=1S/C18H26N4O2/c1-13(2)15-7-5-6-8-16(15)24-10-9-20-18(23)17(19-3)14-11-21-22(4)12-14/h5-8,11-13,17,19H,9-10H2,1-4H3,(H,20,23). The molecule has 130 valence electrons. The zero-order valence-electron chi connectivity index (χ0n) is 14.7. The Balaban J connectivity index is 1.84. The second-order valence-electron chi connectivity index (χ2n) is 6.00. The molecule has 1 aromatic heterocycles. The van der Waals surface area contributed by atoms with E-state index in [9.17, 15) is 4.79 Å². The molecule has 6 nitrogen and oxygen atoms in total. The minimum absolute atomic E-state index is 0.0914. The summed E-state index contributed by atoms with van der Waals surface area (Å²) in [5, 5.41) is 10.0. The fourth-order valence-electron chi connectivity index (χ4n) is 2.56. The number of likely N-dealkylation sites (N-methyl/N-ethyl adjacent to an activating group) is 1. The van der Waals surface area contributed by atoms with Crippen molar-refractivity contribution in [2.24, 2.45) is 7.05 Å². The van der Waals surface area contributed by atoms with Crippen molar-refractivity contribution in [1.29, 1.82) is 0 Å². The van der Waals surface area contributed by atoms with Crippen LogP contribution in [0.4, 0.5) is 0 Å². The first-order chi connectivity index (χ1) is 11.5. The Morgan fingerprint density at radius 3 is 2.71 bits per heavy atom. The SMILES string of the molecule is CNC(C(=O)NCCOc1ccccc1C(C)C)c1cnn(C)c1. The molecule has 0 saturated heterocycles. The minimum atomic E-state index is -0.415. The molecule has 1 aromatic carbocycles. The molecule has 0 saturated carbocycles. The molecule has 0 bridgehead atoms. The number of aryl methyl sites for hydroxylation is 1. The highest BCUT2D eigenvalue weighted by molar-refractivity contribution is 5.82. The second-order valence-corrected chi connectivity index (χ2v) is 6.00. The summed E-state index contributed by atoms with van der Waals surface area (Å²) in [5.41, 5.74) is 2.01. The molecule has 2 N–H and O–H groups in total. The Bertz CT molecular complexity index is 667. The molecule has 0 aliphatic heterocycles. The van der Waals surface area contributed by atoms with Crippen molar-refractivity contribution in [3.8, 4) is 5.75 Å². The Morgan fingerprint density at radius 1 is 1.33 bits per heavy atom. The van der Waals surface area contributed by atoms with Crippen molar-refractivity contribution in [1.82, 2.24) is 20.4 Å². The van der Waals surface area contributed by atoms with E-state index in [0.717, 1.165) is 11.3 Å². The van der Waals surface area contributed by atoms with Crippen molar-refractivity contribution in [2.75, 3.05) is 20.2 Å². The number of rotatable bonds is 8. The molecule has 2 aromatic rings. The van der Waals surface area contributed by atoms with E-state index in [-0.39, 0.29) is 5.91 Å². The summed E-state index contributed by atoms with van der Waals surface area (Å²) in [6, 6.07) is 7.58. The second kappa shape index (κ2) is 8.49. The highest BCUT2D eigenvalue weighted by Crippen LogP contribution is 2.25. The van der Waals surface area contributed by atoms with E-state index >= 15 is 0 Å². The van der Waals surface area contributed by atoms with Crippen molar-refractivity contribution in [2.45, 2.75) is 25.8 Å². The summed E-state index contributed by atoms with van der Waals surface area (Å²) in [6.45, 7) is 5.15. The van der Waals surface area contributed by atoms with Crippen LogP contribution in [0.15, 0.2) is 36.7 Å². The number of benzene rings is 1. The minimum Gasteiger partial charge on any atom is -0.491 e. The van der Waals surface area contributed by atoms with Crippen LogP contribution < -0.4 is 15.4 Å². The van der Waals surface area contributed by atoms with Crippen LogP contribution in [0.5, 0.6) is 5.75 Å². The number of amides is 1. The van der Waals surface area contributed by atoms with E-state index in [2.05, 4.69) is 35.6 Å². The number of aromatic nitrogens is 2. The first-order valence-electron chi connectivity index (χ1n) is 8.18. The third kappa shape index (κ3) is 4.58. The van der Waals surface area contributed by atoms with Gasteiger partial charge >= 0.3 is 0 Å². The fraction of sp³-hybridized carbons (Fsp3) is 0.444. The molecule has 2 rings (SSSR count). The number of para-hydroxylation sites is 1. The van der Waals surface area contributed by atoms with Crippen LogP contribution in [0.2, 0.25) is 0 Å². The summed E-state index contributed by atoms with van der Waals surface area (Å²) in [7, 11) is 3.58. The van der Waals surface area contributed by atoms with E-state index in [1.54, 1.807) is 17.9 Å². The van der Waals surface area contributed by atoms with E-state index in [1.807, 2.05) is 31.4 Å². The maximum Gasteiger partial charge on any atom is 0.241 e. The Labute approximate surface area is 143 Å². The van der Waals surface area contributed by atoms with Gasteiger partial charge in [-0.05, 0) is 24.6 Å². The van der Waals surface area contributed by atoms with Gasteiger partial charge in [0, 0.05) is 18.8 Å². The number of nitrogens with zero attached hydrogens (tertiary/aromatic N) is 2. The molecule has 1 unspecified atom stereocenters. The van der Waals surface area contributed by atoms with Crippen LogP contribution in [-0.4, -0.2) is 35.9 Å². The molecular weight excluding hydrogens is 304 g/mol. The molecule has 24 heavy (non-hydrogen) atoms. The zero-order chi connectivity index (χ0) is 17.5. The average Bonchev–Trinajstić information content (AvgIpc) is 2.98. The lowest BCUT2D eigenvalue weighted by atomic mass is 10.0. The van der Waals surface area contributed by atoms with E-state index < -0.39 is 6.04 Å². The zero-order valence-corrected chi connectivity index (χ0v) is 14.7. The predicted molar refractivity (Wildman–Crippen MR) is 94.0 cm³/mol. The molecule has 0 spiro atoms. The van der Waals surface area contributed by atoms with Crippen LogP contribution >= 0.6 is 0 Å². The van der Waals surface area contributed by atoms with Gasteiger partial charge in [0.25, 0.3) is 0 Å². The molecule has 0 radical (unpaired) electrons. The van der Waals surface area contributed by atoms with Crippen molar-refractivity contribution >= 4 is 5.91 Å². The molecule has 6 heteroatoms. The van der Waals surface area contributed by atoms with Crippen molar-refractivity contribution in [3.63, 3.8) is 0 Å². The third-order valence-corrected chi connectivity index (χ3v) is 3.81. The van der Waals surface area contributed by atoms with Gasteiger partial charge in [-0.2, -0.15) is 5.10 Å². The lowest BCUT2D eigenvalue weighted by Gasteiger charge is -2.16. The number of hydrogen-bond acceptors (Lipinski definition) is 4. The Hall–Kier alpha value is -2.34. The number of ether oxygens (including phenoxy) is 1. The Morgan fingerprint density at radius 2 is 2.08 bits per heavy atom. The normalized spacial score (nSPS) is 12.2. The van der Waals surface area contributed by atoms with Crippen LogP contribution in [0.1, 0.15) is 36.9 Å². The van der Waals surface area contributed by atoms with E-state index in [1.165, 1.54) is 5.56 Å². The lowest BCUT2D eigenvalue weighted by molar-refractivity contribution is -0.123. The highest BCUT2D eigenvalue weighted by Gasteiger charge is 2.19. The van der Waals surface area contributed by atoms with Crippen LogP contribution in [-0.2, 0) is 11.8 Å². The van der Waals surface area contributed by atoms with Gasteiger partial charge in [-0.25, -0.2) is 0 Å². The Kier molecular flexibility index (Phi) is 6.37. The summed E-state index contributed by atoms with van der Waals surface area (Å²) < 4.78 is 7.50. The molecule has 1 amide bonds. The number of carbonyl (C=O) groups excluding carboxylic acids is 1. The van der Waals surface area contributed by atoms with Gasteiger partial charge in [-0.15, -0.1) is 0 Å². The number of hydrogen-bond donors (Lipinski definition) is 2. The number of carbonyl (C=O) groups is 1. The molecule has 0 aliphatic carbocycles. The summed E-state index contributed by atoms with van der Waals surface area (Å²) >= 11 is 0. The quantitative estimate of drug-likeness (QED) is 0.727. The van der Waals surface area contributed by atoms with Gasteiger partial charge in [0.2, 0.25) is 5.91 Å². The van der Waals surface area contributed by atoms with Crippen molar-refractivity contribution < 1.29 is 9.53 Å². The summed E-state index contributed by atoms with van der Waals surface area (Å²) in [6.07, 6.45) is 3.52. The van der Waals surface area contributed by atoms with Crippen LogP contribution in [0.3, 0.4) is 0 Å². The van der Waals surface area contributed by atoms with Gasteiger partial charge in [0.05, 0.1) is 12.7 Å². The van der Waals surface area contributed by atoms with Crippen LogP contribution in [0, 0.1) is 0 Å². The van der Waals surface area contributed by atoms with Gasteiger partial charge in [-0.3, -0.25) is 9.48 Å². The molecule has 1 atom stereocenters. The fourth-order valence-corrected chi connectivity index (χ4v) is 2.56. The monoisotopic (exact) mass is 330 g/mol. The first-order valence-corrected chi connectivity index (χ1v) is 8.18. The lowest BCUT2D eigenvalue weighted by Crippen LogP contribution is -2.37. The summed E-state index contributed by atoms with van der Waals surface area (Å²) in [5.74, 6) is 1.18. The maximum absolute atomic E-state index is 12.3. The van der Waals surface area contributed by atoms with E-state index in [4.69, 9.17) is 4.74 Å². The maximum atomic E-state index is 12.3.